The summed E-state index contributed by atoms with van der Waals surface area (Å²) in [4.78, 5) is 17.2. The lowest BCUT2D eigenvalue weighted by atomic mass is 10.0. The van der Waals surface area contributed by atoms with Gasteiger partial charge in [-0.1, -0.05) is 13.8 Å². The molecule has 0 radical (unpaired) electrons. The highest BCUT2D eigenvalue weighted by Gasteiger charge is 2.34. The van der Waals surface area contributed by atoms with E-state index in [-0.39, 0.29) is 22.9 Å². The number of hydrogen-bond acceptors (Lipinski definition) is 3. The van der Waals surface area contributed by atoms with Crippen molar-refractivity contribution in [2.75, 3.05) is 9.21 Å². The molecule has 2 aromatic carbocycles. The Hall–Kier alpha value is -2.80. The fourth-order valence-electron chi connectivity index (χ4n) is 4.95. The molecule has 2 heterocycles. The number of carbonyl (C=O) groups is 1. The van der Waals surface area contributed by atoms with E-state index in [1.807, 2.05) is 44.3 Å². The van der Waals surface area contributed by atoms with Crippen LogP contribution in [-0.4, -0.2) is 31.4 Å². The smallest absolute Gasteiger partial charge is 0.264 e. The van der Waals surface area contributed by atoms with Crippen molar-refractivity contribution in [1.29, 1.82) is 0 Å². The Morgan fingerprint density at radius 1 is 1.16 bits per heavy atom. The SMILES string of the molecule is CC(=O)N1c2ccc(S(=O)(=O)N(c3ccc4[nH]ccc4c3)C(C)CC(C)C)cc2CC1C. The van der Waals surface area contributed by atoms with Crippen LogP contribution in [0.15, 0.2) is 53.6 Å². The number of amides is 1. The van der Waals surface area contributed by atoms with Crippen LogP contribution in [0, 0.1) is 5.92 Å². The maximum atomic E-state index is 14.0. The number of fused-ring (bicyclic) bond motifs is 2. The predicted molar refractivity (Wildman–Crippen MR) is 130 cm³/mol. The van der Waals surface area contributed by atoms with Gasteiger partial charge in [-0.25, -0.2) is 8.42 Å². The maximum Gasteiger partial charge on any atom is 0.264 e. The van der Waals surface area contributed by atoms with Crippen molar-refractivity contribution in [3.63, 3.8) is 0 Å². The van der Waals surface area contributed by atoms with E-state index in [1.165, 1.54) is 0 Å². The molecular formula is C25H31N3O3S. The zero-order valence-corrected chi connectivity index (χ0v) is 20.1. The monoisotopic (exact) mass is 453 g/mol. The molecule has 6 nitrogen and oxygen atoms in total. The van der Waals surface area contributed by atoms with Gasteiger partial charge in [0, 0.05) is 41.8 Å². The van der Waals surface area contributed by atoms with E-state index in [0.29, 0.717) is 18.0 Å². The number of H-pyrrole nitrogens is 1. The molecule has 0 saturated heterocycles. The molecule has 3 aromatic rings. The molecule has 4 rings (SSSR count). The van der Waals surface area contributed by atoms with Gasteiger partial charge in [-0.2, -0.15) is 0 Å². The number of carbonyl (C=O) groups excluding carboxylic acids is 1. The normalized spacial score (nSPS) is 17.1. The molecule has 1 aromatic heterocycles. The number of sulfonamides is 1. The number of benzene rings is 2. The molecule has 0 saturated carbocycles. The number of nitrogens with zero attached hydrogens (tertiary/aromatic N) is 2. The second-order valence-corrected chi connectivity index (χ2v) is 11.1. The largest absolute Gasteiger partial charge is 0.361 e. The second kappa shape index (κ2) is 8.28. The summed E-state index contributed by atoms with van der Waals surface area (Å²) in [5, 5.41) is 0.972. The van der Waals surface area contributed by atoms with Crippen molar-refractivity contribution >= 4 is 38.2 Å². The molecule has 7 heteroatoms. The second-order valence-electron chi connectivity index (χ2n) is 9.26. The van der Waals surface area contributed by atoms with E-state index in [0.717, 1.165) is 28.6 Å². The van der Waals surface area contributed by atoms with E-state index in [2.05, 4.69) is 18.8 Å². The van der Waals surface area contributed by atoms with Crippen LogP contribution < -0.4 is 9.21 Å². The minimum atomic E-state index is -3.81. The number of nitrogens with one attached hydrogen (secondary N) is 1. The molecule has 1 N–H and O–H groups in total. The van der Waals surface area contributed by atoms with Gasteiger partial charge in [-0.15, -0.1) is 0 Å². The van der Waals surface area contributed by atoms with Gasteiger partial charge in [-0.3, -0.25) is 9.10 Å². The number of rotatable bonds is 6. The summed E-state index contributed by atoms with van der Waals surface area (Å²) in [5.74, 6) is 0.322. The molecule has 1 aliphatic rings. The minimum absolute atomic E-state index is 0.0208. The average molecular weight is 454 g/mol. The standard InChI is InChI=1S/C25H31N3O3S/c1-16(2)12-18(4)28(22-6-8-24-20(14-22)10-11-26-24)32(30,31)23-7-9-25-21(15-23)13-17(3)27(25)19(5)29/h6-11,14-18,26H,12-13H2,1-5H3. The Balaban J connectivity index is 1.80. The van der Waals surface area contributed by atoms with Crippen LogP contribution in [-0.2, 0) is 21.2 Å². The topological polar surface area (TPSA) is 73.5 Å². The molecule has 0 aliphatic carbocycles. The first-order valence-electron chi connectivity index (χ1n) is 11.1. The van der Waals surface area contributed by atoms with Gasteiger partial charge < -0.3 is 9.88 Å². The third kappa shape index (κ3) is 3.90. The highest BCUT2D eigenvalue weighted by atomic mass is 32.2. The van der Waals surface area contributed by atoms with Crippen LogP contribution in [0.2, 0.25) is 0 Å². The highest BCUT2D eigenvalue weighted by Crippen LogP contribution is 2.36. The number of anilines is 2. The Bertz CT molecular complexity index is 1260. The van der Waals surface area contributed by atoms with Crippen LogP contribution in [0.1, 0.15) is 46.6 Å². The van der Waals surface area contributed by atoms with Crippen molar-refractivity contribution in [1.82, 2.24) is 4.98 Å². The zero-order valence-electron chi connectivity index (χ0n) is 19.3. The van der Waals surface area contributed by atoms with Gasteiger partial charge >= 0.3 is 0 Å². The van der Waals surface area contributed by atoms with Crippen molar-refractivity contribution in [3.05, 3.63) is 54.2 Å². The van der Waals surface area contributed by atoms with Crippen LogP contribution in [0.5, 0.6) is 0 Å². The van der Waals surface area contributed by atoms with Gasteiger partial charge in [0.25, 0.3) is 10.0 Å². The third-order valence-corrected chi connectivity index (χ3v) is 8.11. The summed E-state index contributed by atoms with van der Waals surface area (Å²) in [6, 6.07) is 12.6. The molecule has 2 atom stereocenters. The van der Waals surface area contributed by atoms with Gasteiger partial charge in [0.2, 0.25) is 5.91 Å². The third-order valence-electron chi connectivity index (χ3n) is 6.17. The van der Waals surface area contributed by atoms with Crippen LogP contribution in [0.3, 0.4) is 0 Å². The molecular weight excluding hydrogens is 422 g/mol. The van der Waals surface area contributed by atoms with Gasteiger partial charge in [0.15, 0.2) is 0 Å². The molecule has 170 valence electrons. The van der Waals surface area contributed by atoms with Gasteiger partial charge in [-0.05, 0) is 80.6 Å². The van der Waals surface area contributed by atoms with Crippen molar-refractivity contribution < 1.29 is 13.2 Å². The molecule has 32 heavy (non-hydrogen) atoms. The number of hydrogen-bond donors (Lipinski definition) is 1. The fourth-order valence-corrected chi connectivity index (χ4v) is 6.66. The molecule has 1 aliphatic heterocycles. The lowest BCUT2D eigenvalue weighted by Crippen LogP contribution is -2.39. The molecule has 0 spiro atoms. The number of aromatic nitrogens is 1. The first-order chi connectivity index (χ1) is 15.1. The quantitative estimate of drug-likeness (QED) is 0.565. The summed E-state index contributed by atoms with van der Waals surface area (Å²) in [5.41, 5.74) is 3.33. The molecule has 2 unspecified atom stereocenters. The van der Waals surface area contributed by atoms with Crippen LogP contribution in [0.25, 0.3) is 10.9 Å². The first-order valence-corrected chi connectivity index (χ1v) is 12.6. The Labute approximate surface area is 190 Å². The summed E-state index contributed by atoms with van der Waals surface area (Å²) in [6.45, 7) is 9.70. The van der Waals surface area contributed by atoms with Crippen molar-refractivity contribution in [2.24, 2.45) is 5.92 Å². The highest BCUT2D eigenvalue weighted by molar-refractivity contribution is 7.92. The average Bonchev–Trinajstić information content (AvgIpc) is 3.29. The van der Waals surface area contributed by atoms with E-state index >= 15 is 0 Å². The summed E-state index contributed by atoms with van der Waals surface area (Å²) in [7, 11) is -3.81. The van der Waals surface area contributed by atoms with Gasteiger partial charge in [0.05, 0.1) is 10.6 Å². The maximum absolute atomic E-state index is 14.0. The van der Waals surface area contributed by atoms with E-state index < -0.39 is 10.0 Å². The lowest BCUT2D eigenvalue weighted by Gasteiger charge is -2.32. The van der Waals surface area contributed by atoms with Crippen LogP contribution >= 0.6 is 0 Å². The minimum Gasteiger partial charge on any atom is -0.361 e. The van der Waals surface area contributed by atoms with Crippen LogP contribution in [0.4, 0.5) is 11.4 Å². The lowest BCUT2D eigenvalue weighted by molar-refractivity contribution is -0.116. The first kappa shape index (κ1) is 22.4. The Morgan fingerprint density at radius 2 is 1.91 bits per heavy atom. The Morgan fingerprint density at radius 3 is 2.59 bits per heavy atom. The fraction of sp³-hybridized carbons (Fsp3) is 0.400. The van der Waals surface area contributed by atoms with Crippen molar-refractivity contribution in [3.8, 4) is 0 Å². The zero-order chi connectivity index (χ0) is 23.2. The van der Waals surface area contributed by atoms with E-state index in [1.54, 1.807) is 34.3 Å². The molecule has 1 amide bonds. The van der Waals surface area contributed by atoms with Gasteiger partial charge in [0.1, 0.15) is 0 Å². The summed E-state index contributed by atoms with van der Waals surface area (Å²) < 4.78 is 29.5. The molecule has 0 fully saturated rings. The van der Waals surface area contributed by atoms with E-state index in [9.17, 15) is 13.2 Å². The molecule has 0 bridgehead atoms. The number of aromatic amines is 1. The predicted octanol–water partition coefficient (Wildman–Crippen LogP) is 5.10. The van der Waals surface area contributed by atoms with E-state index in [4.69, 9.17) is 0 Å². The van der Waals surface area contributed by atoms with Crippen molar-refractivity contribution in [2.45, 2.75) is 64.4 Å². The summed E-state index contributed by atoms with van der Waals surface area (Å²) >= 11 is 0. The summed E-state index contributed by atoms with van der Waals surface area (Å²) in [6.07, 6.45) is 3.24. The Kier molecular flexibility index (Phi) is 5.79.